The van der Waals surface area contributed by atoms with Gasteiger partial charge < -0.3 is 0 Å². The van der Waals surface area contributed by atoms with Gasteiger partial charge in [0, 0.05) is 0 Å². The van der Waals surface area contributed by atoms with Crippen molar-refractivity contribution in [2.45, 2.75) is 6.42 Å². The second-order valence-corrected chi connectivity index (χ2v) is 5.64. The summed E-state index contributed by atoms with van der Waals surface area (Å²) >= 11 is 0. The van der Waals surface area contributed by atoms with Crippen LogP contribution in [0.15, 0.2) is 47.6 Å². The molecular weight excluding hydrogens is 252 g/mol. The first-order valence-corrected chi connectivity index (χ1v) is 6.91. The van der Waals surface area contributed by atoms with Crippen LogP contribution in [0.5, 0.6) is 0 Å². The van der Waals surface area contributed by atoms with Crippen LogP contribution in [0.3, 0.4) is 0 Å². The van der Waals surface area contributed by atoms with Gasteiger partial charge in [-0.1, -0.05) is 42.5 Å². The van der Waals surface area contributed by atoms with Crippen LogP contribution in [-0.4, -0.2) is 23.0 Å². The fourth-order valence-electron chi connectivity index (χ4n) is 3.66. The number of imide groups is 1. The molecule has 1 aromatic carbocycles. The first-order chi connectivity index (χ1) is 9.75. The lowest BCUT2D eigenvalue weighted by atomic mass is 9.85. The van der Waals surface area contributed by atoms with Crippen LogP contribution >= 0.6 is 0 Å². The van der Waals surface area contributed by atoms with E-state index in [9.17, 15) is 9.59 Å². The second-order valence-electron chi connectivity index (χ2n) is 5.64. The number of fused-ring (bicyclic) bond motifs is 5. The van der Waals surface area contributed by atoms with Gasteiger partial charge >= 0.3 is 0 Å². The van der Waals surface area contributed by atoms with Crippen LogP contribution in [0.4, 0.5) is 0 Å². The van der Waals surface area contributed by atoms with Crippen molar-refractivity contribution in [1.82, 2.24) is 5.01 Å². The van der Waals surface area contributed by atoms with Gasteiger partial charge in [-0.15, -0.1) is 0 Å². The molecule has 2 aliphatic carbocycles. The van der Waals surface area contributed by atoms with Crippen molar-refractivity contribution < 1.29 is 9.59 Å². The SMILES string of the molecule is O=C1[C@H]2[C@H](C(=O)N1/N=C\c1ccccc1)[C@H]1C=C[C@H]2C1. The molecule has 4 rings (SSSR count). The smallest absolute Gasteiger partial charge is 0.254 e. The molecule has 20 heavy (non-hydrogen) atoms. The van der Waals surface area contributed by atoms with Gasteiger partial charge in [-0.3, -0.25) is 9.59 Å². The third-order valence-electron chi connectivity index (χ3n) is 4.57. The minimum Gasteiger partial charge on any atom is -0.272 e. The van der Waals surface area contributed by atoms with Gasteiger partial charge in [0.2, 0.25) is 0 Å². The zero-order valence-corrected chi connectivity index (χ0v) is 10.8. The highest BCUT2D eigenvalue weighted by molar-refractivity contribution is 6.06. The van der Waals surface area contributed by atoms with Crippen molar-refractivity contribution in [3.05, 3.63) is 48.0 Å². The fraction of sp³-hybridized carbons (Fsp3) is 0.312. The van der Waals surface area contributed by atoms with Crippen molar-refractivity contribution in [2.75, 3.05) is 0 Å². The number of amides is 2. The van der Waals surface area contributed by atoms with E-state index in [1.54, 1.807) is 6.21 Å². The average molecular weight is 266 g/mol. The Morgan fingerprint density at radius 2 is 1.60 bits per heavy atom. The lowest BCUT2D eigenvalue weighted by molar-refractivity contribution is -0.140. The Morgan fingerprint density at radius 1 is 1.00 bits per heavy atom. The average Bonchev–Trinajstić information content (AvgIpc) is 3.13. The summed E-state index contributed by atoms with van der Waals surface area (Å²) in [6.45, 7) is 0. The zero-order chi connectivity index (χ0) is 13.7. The van der Waals surface area contributed by atoms with Crippen molar-refractivity contribution in [3.8, 4) is 0 Å². The van der Waals surface area contributed by atoms with Crippen LogP contribution < -0.4 is 0 Å². The molecule has 0 spiro atoms. The number of hydrazone groups is 1. The number of rotatable bonds is 2. The summed E-state index contributed by atoms with van der Waals surface area (Å²) in [5, 5.41) is 5.19. The first-order valence-electron chi connectivity index (χ1n) is 6.91. The minimum absolute atomic E-state index is 0.135. The van der Waals surface area contributed by atoms with E-state index >= 15 is 0 Å². The normalized spacial score (nSPS) is 34.5. The maximum absolute atomic E-state index is 12.4. The molecule has 1 aromatic rings. The van der Waals surface area contributed by atoms with Crippen LogP contribution in [0.1, 0.15) is 12.0 Å². The summed E-state index contributed by atoms with van der Waals surface area (Å²) < 4.78 is 0. The Hall–Kier alpha value is -2.23. The summed E-state index contributed by atoms with van der Waals surface area (Å²) in [5.41, 5.74) is 0.881. The Morgan fingerprint density at radius 3 is 2.20 bits per heavy atom. The van der Waals surface area contributed by atoms with Crippen LogP contribution in [-0.2, 0) is 9.59 Å². The number of allylic oxidation sites excluding steroid dienone is 2. The predicted octanol–water partition coefficient (Wildman–Crippen LogP) is 1.83. The van der Waals surface area contributed by atoms with Crippen LogP contribution in [0.25, 0.3) is 0 Å². The number of hydrogen-bond acceptors (Lipinski definition) is 3. The van der Waals surface area contributed by atoms with Gasteiger partial charge in [-0.25, -0.2) is 0 Å². The van der Waals surface area contributed by atoms with E-state index in [4.69, 9.17) is 0 Å². The van der Waals surface area contributed by atoms with E-state index in [0.717, 1.165) is 17.0 Å². The molecule has 1 saturated carbocycles. The summed E-state index contributed by atoms with van der Waals surface area (Å²) in [4.78, 5) is 24.7. The maximum atomic E-state index is 12.4. The molecule has 100 valence electrons. The molecule has 0 radical (unpaired) electrons. The van der Waals surface area contributed by atoms with Crippen LogP contribution in [0.2, 0.25) is 0 Å². The monoisotopic (exact) mass is 266 g/mol. The van der Waals surface area contributed by atoms with Gasteiger partial charge in [0.15, 0.2) is 0 Å². The molecule has 4 heteroatoms. The molecule has 2 amide bonds. The van der Waals surface area contributed by atoms with Crippen molar-refractivity contribution in [1.29, 1.82) is 0 Å². The molecule has 2 fully saturated rings. The van der Waals surface area contributed by atoms with E-state index in [0.29, 0.717) is 0 Å². The molecule has 1 saturated heterocycles. The highest BCUT2D eigenvalue weighted by atomic mass is 16.2. The molecule has 0 N–H and O–H groups in total. The van der Waals surface area contributed by atoms with E-state index in [1.165, 1.54) is 0 Å². The number of benzene rings is 1. The molecule has 3 aliphatic rings. The van der Waals surface area contributed by atoms with Gasteiger partial charge in [0.05, 0.1) is 18.1 Å². The summed E-state index contributed by atoms with van der Waals surface area (Å²) in [6.07, 6.45) is 6.69. The quantitative estimate of drug-likeness (QED) is 0.466. The van der Waals surface area contributed by atoms with Crippen LogP contribution in [0, 0.1) is 23.7 Å². The maximum Gasteiger partial charge on any atom is 0.254 e. The largest absolute Gasteiger partial charge is 0.272 e. The first kappa shape index (κ1) is 11.6. The van der Waals surface area contributed by atoms with Gasteiger partial charge in [0.25, 0.3) is 11.8 Å². The Kier molecular flexibility index (Phi) is 2.39. The van der Waals surface area contributed by atoms with Crippen molar-refractivity contribution in [3.63, 3.8) is 0 Å². The Balaban J connectivity index is 1.61. The van der Waals surface area contributed by atoms with Gasteiger partial charge in [-0.2, -0.15) is 10.1 Å². The lowest BCUT2D eigenvalue weighted by Crippen LogP contribution is -2.28. The fourth-order valence-corrected chi connectivity index (χ4v) is 3.66. The zero-order valence-electron chi connectivity index (χ0n) is 10.8. The van der Waals surface area contributed by atoms with E-state index in [2.05, 4.69) is 17.3 Å². The lowest BCUT2D eigenvalue weighted by Gasteiger charge is -2.13. The molecule has 1 heterocycles. The minimum atomic E-state index is -0.176. The third-order valence-corrected chi connectivity index (χ3v) is 4.57. The van der Waals surface area contributed by atoms with Crippen molar-refractivity contribution >= 4 is 18.0 Å². The molecular formula is C16H14N2O2. The highest BCUT2D eigenvalue weighted by Crippen LogP contribution is 2.52. The molecule has 0 unspecified atom stereocenters. The molecule has 1 aliphatic heterocycles. The summed E-state index contributed by atoms with van der Waals surface area (Å²) in [7, 11) is 0. The molecule has 0 aromatic heterocycles. The number of carbonyl (C=O) groups excluding carboxylic acids is 2. The standard InChI is InChI=1S/C16H14N2O2/c19-15-13-11-6-7-12(8-11)14(13)16(20)18(15)17-9-10-4-2-1-3-5-10/h1-7,9,11-14H,8H2/b17-9-/t11-,12-,13+,14+/m0/s1. The van der Waals surface area contributed by atoms with E-state index in [1.807, 2.05) is 30.3 Å². The third kappa shape index (κ3) is 1.51. The van der Waals surface area contributed by atoms with Gasteiger partial charge in [0.1, 0.15) is 0 Å². The number of carbonyl (C=O) groups is 2. The number of hydrogen-bond donors (Lipinski definition) is 0. The highest BCUT2D eigenvalue weighted by Gasteiger charge is 2.59. The molecule has 4 nitrogen and oxygen atoms in total. The predicted molar refractivity (Wildman–Crippen MR) is 73.6 cm³/mol. The molecule has 4 atom stereocenters. The van der Waals surface area contributed by atoms with E-state index < -0.39 is 0 Å². The summed E-state index contributed by atoms with van der Waals surface area (Å²) in [5.74, 6) is -0.152. The van der Waals surface area contributed by atoms with E-state index in [-0.39, 0.29) is 35.5 Å². The van der Waals surface area contributed by atoms with Gasteiger partial charge in [-0.05, 0) is 23.8 Å². The molecule has 2 bridgehead atoms. The second kappa shape index (κ2) is 4.13. The number of nitrogens with zero attached hydrogens (tertiary/aromatic N) is 2. The Bertz CT molecular complexity index is 605. The van der Waals surface area contributed by atoms with Crippen molar-refractivity contribution in [2.24, 2.45) is 28.8 Å². The summed E-state index contributed by atoms with van der Waals surface area (Å²) in [6, 6.07) is 9.49. The topological polar surface area (TPSA) is 49.7 Å². The Labute approximate surface area is 116 Å².